The molecule has 2 aromatic rings. The molecular formula is C13H10FNO2. The minimum Gasteiger partial charge on any atom is -0.438 e. The van der Waals surface area contributed by atoms with Crippen molar-refractivity contribution in [3.05, 3.63) is 53.5 Å². The number of pyridine rings is 1. The summed E-state index contributed by atoms with van der Waals surface area (Å²) < 4.78 is 18.6. The Morgan fingerprint density at radius 2 is 2.18 bits per heavy atom. The Balaban J connectivity index is 2.31. The SMILES string of the molecule is Cc1ccc(Oc2ncccc2C=O)cc1F. The standard InChI is InChI=1S/C13H10FNO2/c1-9-4-5-11(7-12(9)14)17-13-10(8-16)3-2-6-15-13/h2-8H,1H3. The zero-order valence-electron chi connectivity index (χ0n) is 9.18. The number of halogens is 1. The van der Waals surface area contributed by atoms with Gasteiger partial charge in [-0.05, 0) is 30.7 Å². The Kier molecular flexibility index (Phi) is 3.14. The second kappa shape index (κ2) is 4.74. The summed E-state index contributed by atoms with van der Waals surface area (Å²) in [4.78, 5) is 14.7. The minimum atomic E-state index is -0.355. The highest BCUT2D eigenvalue weighted by atomic mass is 19.1. The van der Waals surface area contributed by atoms with E-state index in [0.29, 0.717) is 23.2 Å². The van der Waals surface area contributed by atoms with E-state index in [1.165, 1.54) is 12.3 Å². The van der Waals surface area contributed by atoms with E-state index in [4.69, 9.17) is 4.74 Å². The Morgan fingerprint density at radius 1 is 1.35 bits per heavy atom. The van der Waals surface area contributed by atoms with E-state index >= 15 is 0 Å². The van der Waals surface area contributed by atoms with E-state index in [1.807, 2.05) is 0 Å². The van der Waals surface area contributed by atoms with Crippen LogP contribution in [0.15, 0.2) is 36.5 Å². The minimum absolute atomic E-state index is 0.172. The number of aryl methyl sites for hydroxylation is 1. The summed E-state index contributed by atoms with van der Waals surface area (Å²) in [5, 5.41) is 0. The van der Waals surface area contributed by atoms with Crippen molar-refractivity contribution in [2.75, 3.05) is 0 Å². The summed E-state index contributed by atoms with van der Waals surface area (Å²) in [5.41, 5.74) is 0.863. The molecule has 0 unspecified atom stereocenters. The highest BCUT2D eigenvalue weighted by molar-refractivity contribution is 5.78. The lowest BCUT2D eigenvalue weighted by molar-refractivity contribution is 0.112. The summed E-state index contributed by atoms with van der Waals surface area (Å²) in [6.07, 6.45) is 2.15. The van der Waals surface area contributed by atoms with Crippen LogP contribution in [0, 0.1) is 12.7 Å². The van der Waals surface area contributed by atoms with Crippen LogP contribution in [-0.4, -0.2) is 11.3 Å². The molecule has 1 aromatic carbocycles. The molecule has 0 aliphatic rings. The quantitative estimate of drug-likeness (QED) is 0.762. The predicted molar refractivity (Wildman–Crippen MR) is 60.8 cm³/mol. The fourth-order valence-corrected chi connectivity index (χ4v) is 1.33. The molecule has 86 valence electrons. The molecule has 0 saturated carbocycles. The molecule has 0 spiro atoms. The van der Waals surface area contributed by atoms with E-state index in [0.717, 1.165) is 0 Å². The van der Waals surface area contributed by atoms with Crippen LogP contribution in [0.25, 0.3) is 0 Å². The number of benzene rings is 1. The first-order valence-electron chi connectivity index (χ1n) is 5.05. The lowest BCUT2D eigenvalue weighted by atomic mass is 10.2. The maximum absolute atomic E-state index is 13.3. The number of carbonyl (C=O) groups excluding carboxylic acids is 1. The normalized spacial score (nSPS) is 10.0. The van der Waals surface area contributed by atoms with Gasteiger partial charge in [0, 0.05) is 12.3 Å². The number of ether oxygens (including phenoxy) is 1. The largest absolute Gasteiger partial charge is 0.438 e. The highest BCUT2D eigenvalue weighted by Gasteiger charge is 2.06. The number of carbonyl (C=O) groups is 1. The van der Waals surface area contributed by atoms with E-state index in [9.17, 15) is 9.18 Å². The predicted octanol–water partition coefficient (Wildman–Crippen LogP) is 3.13. The summed E-state index contributed by atoms with van der Waals surface area (Å²) in [6, 6.07) is 7.71. The summed E-state index contributed by atoms with van der Waals surface area (Å²) in [7, 11) is 0. The van der Waals surface area contributed by atoms with Gasteiger partial charge >= 0.3 is 0 Å². The van der Waals surface area contributed by atoms with Gasteiger partial charge in [0.1, 0.15) is 11.6 Å². The van der Waals surface area contributed by atoms with Crippen molar-refractivity contribution in [3.63, 3.8) is 0 Å². The van der Waals surface area contributed by atoms with Crippen molar-refractivity contribution in [3.8, 4) is 11.6 Å². The van der Waals surface area contributed by atoms with Crippen LogP contribution in [0.3, 0.4) is 0 Å². The van der Waals surface area contributed by atoms with Crippen LogP contribution in [0.1, 0.15) is 15.9 Å². The fraction of sp³-hybridized carbons (Fsp3) is 0.0769. The third-order valence-corrected chi connectivity index (χ3v) is 2.29. The Hall–Kier alpha value is -2.23. The highest BCUT2D eigenvalue weighted by Crippen LogP contribution is 2.23. The number of nitrogens with zero attached hydrogens (tertiary/aromatic N) is 1. The van der Waals surface area contributed by atoms with E-state index in [2.05, 4.69) is 4.98 Å². The van der Waals surface area contributed by atoms with Crippen LogP contribution < -0.4 is 4.74 Å². The molecule has 1 aromatic heterocycles. The molecule has 0 radical (unpaired) electrons. The Morgan fingerprint density at radius 3 is 2.88 bits per heavy atom. The Labute approximate surface area is 97.9 Å². The second-order valence-electron chi connectivity index (χ2n) is 3.53. The topological polar surface area (TPSA) is 39.2 Å². The molecule has 0 fully saturated rings. The molecule has 0 aliphatic carbocycles. The molecule has 3 nitrogen and oxygen atoms in total. The third kappa shape index (κ3) is 2.47. The van der Waals surface area contributed by atoms with Gasteiger partial charge in [0.25, 0.3) is 0 Å². The molecule has 0 saturated heterocycles. The third-order valence-electron chi connectivity index (χ3n) is 2.29. The molecule has 0 bridgehead atoms. The van der Waals surface area contributed by atoms with Gasteiger partial charge in [-0.25, -0.2) is 9.37 Å². The lowest BCUT2D eigenvalue weighted by Crippen LogP contribution is -1.94. The maximum Gasteiger partial charge on any atom is 0.229 e. The molecule has 0 atom stereocenters. The van der Waals surface area contributed by atoms with Crippen molar-refractivity contribution in [1.29, 1.82) is 0 Å². The first-order valence-corrected chi connectivity index (χ1v) is 5.05. The van der Waals surface area contributed by atoms with Gasteiger partial charge in [-0.15, -0.1) is 0 Å². The van der Waals surface area contributed by atoms with Gasteiger partial charge < -0.3 is 4.74 Å². The first kappa shape index (κ1) is 11.3. The lowest BCUT2D eigenvalue weighted by Gasteiger charge is -2.07. The average Bonchev–Trinajstić information content (AvgIpc) is 2.34. The summed E-state index contributed by atoms with van der Waals surface area (Å²) in [6.45, 7) is 1.66. The zero-order valence-corrected chi connectivity index (χ0v) is 9.18. The summed E-state index contributed by atoms with van der Waals surface area (Å²) in [5.74, 6) is 0.131. The molecule has 2 rings (SSSR count). The number of hydrogen-bond donors (Lipinski definition) is 0. The van der Waals surface area contributed by atoms with E-state index in [-0.39, 0.29) is 11.7 Å². The van der Waals surface area contributed by atoms with Gasteiger partial charge in [-0.3, -0.25) is 4.79 Å². The maximum atomic E-state index is 13.3. The monoisotopic (exact) mass is 231 g/mol. The molecule has 0 N–H and O–H groups in total. The van der Waals surface area contributed by atoms with Gasteiger partial charge in [-0.1, -0.05) is 6.07 Å². The van der Waals surface area contributed by atoms with Gasteiger partial charge in [0.15, 0.2) is 6.29 Å². The van der Waals surface area contributed by atoms with Gasteiger partial charge in [-0.2, -0.15) is 0 Å². The van der Waals surface area contributed by atoms with Crippen LogP contribution in [0.5, 0.6) is 11.6 Å². The molecule has 0 amide bonds. The Bertz CT molecular complexity index is 555. The van der Waals surface area contributed by atoms with Crippen molar-refractivity contribution in [1.82, 2.24) is 4.98 Å². The number of aromatic nitrogens is 1. The average molecular weight is 231 g/mol. The van der Waals surface area contributed by atoms with Crippen molar-refractivity contribution in [2.24, 2.45) is 0 Å². The molecule has 4 heteroatoms. The van der Waals surface area contributed by atoms with Crippen molar-refractivity contribution >= 4 is 6.29 Å². The first-order chi connectivity index (χ1) is 8.20. The van der Waals surface area contributed by atoms with Crippen molar-refractivity contribution in [2.45, 2.75) is 6.92 Å². The number of hydrogen-bond acceptors (Lipinski definition) is 3. The molecule has 1 heterocycles. The second-order valence-corrected chi connectivity index (χ2v) is 3.53. The number of aldehydes is 1. The molecular weight excluding hydrogens is 221 g/mol. The van der Waals surface area contributed by atoms with Gasteiger partial charge in [0.2, 0.25) is 5.88 Å². The molecule has 17 heavy (non-hydrogen) atoms. The van der Waals surface area contributed by atoms with Crippen LogP contribution in [-0.2, 0) is 0 Å². The number of rotatable bonds is 3. The van der Waals surface area contributed by atoms with Crippen molar-refractivity contribution < 1.29 is 13.9 Å². The fourth-order valence-electron chi connectivity index (χ4n) is 1.33. The smallest absolute Gasteiger partial charge is 0.229 e. The molecule has 0 aliphatic heterocycles. The van der Waals surface area contributed by atoms with Gasteiger partial charge in [0.05, 0.1) is 5.56 Å². The summed E-state index contributed by atoms with van der Waals surface area (Å²) >= 11 is 0. The van der Waals surface area contributed by atoms with Crippen LogP contribution >= 0.6 is 0 Å². The van der Waals surface area contributed by atoms with E-state index < -0.39 is 0 Å². The zero-order chi connectivity index (χ0) is 12.3. The van der Waals surface area contributed by atoms with Crippen LogP contribution in [0.4, 0.5) is 4.39 Å². The van der Waals surface area contributed by atoms with Crippen LogP contribution in [0.2, 0.25) is 0 Å². The van der Waals surface area contributed by atoms with E-state index in [1.54, 1.807) is 31.2 Å².